The molecule has 0 saturated carbocycles. The van der Waals surface area contributed by atoms with E-state index in [0.29, 0.717) is 24.3 Å². The summed E-state index contributed by atoms with van der Waals surface area (Å²) in [7, 11) is 4.88. The standard InChI is InChI=1S/C22H29NO4/c1-6-18(17-9-11-20(26-4)21(14-17)27-5)23-22(24)12-8-16-7-10-19(25-3)15(2)13-16/h7,9-11,13-14,18H,6,8,12H2,1-5H3,(H,23,24)/t18-/m0/s1. The van der Waals surface area contributed by atoms with Crippen molar-refractivity contribution in [3.63, 3.8) is 0 Å². The number of benzene rings is 2. The van der Waals surface area contributed by atoms with E-state index in [-0.39, 0.29) is 11.9 Å². The Kier molecular flexibility index (Phi) is 7.53. The van der Waals surface area contributed by atoms with Crippen LogP contribution in [0.1, 0.15) is 42.5 Å². The molecule has 0 bridgehead atoms. The number of rotatable bonds is 9. The topological polar surface area (TPSA) is 56.8 Å². The number of carbonyl (C=O) groups is 1. The molecule has 0 heterocycles. The van der Waals surface area contributed by atoms with E-state index >= 15 is 0 Å². The van der Waals surface area contributed by atoms with Gasteiger partial charge in [-0.25, -0.2) is 0 Å². The number of ether oxygens (including phenoxy) is 3. The molecule has 5 heteroatoms. The molecule has 27 heavy (non-hydrogen) atoms. The predicted octanol–water partition coefficient (Wildman–Crippen LogP) is 4.22. The quantitative estimate of drug-likeness (QED) is 0.717. The minimum atomic E-state index is -0.0603. The largest absolute Gasteiger partial charge is 0.496 e. The highest BCUT2D eigenvalue weighted by Crippen LogP contribution is 2.31. The molecule has 2 aromatic carbocycles. The number of carbonyl (C=O) groups excluding carboxylic acids is 1. The minimum Gasteiger partial charge on any atom is -0.496 e. The Bertz CT molecular complexity index is 773. The van der Waals surface area contributed by atoms with Gasteiger partial charge in [-0.15, -0.1) is 0 Å². The lowest BCUT2D eigenvalue weighted by molar-refractivity contribution is -0.121. The van der Waals surface area contributed by atoms with E-state index in [1.807, 2.05) is 37.3 Å². The Morgan fingerprint density at radius 3 is 2.22 bits per heavy atom. The van der Waals surface area contributed by atoms with Gasteiger partial charge in [-0.3, -0.25) is 4.79 Å². The molecule has 0 aromatic heterocycles. The second kappa shape index (κ2) is 9.86. The molecule has 0 aliphatic rings. The van der Waals surface area contributed by atoms with Gasteiger partial charge < -0.3 is 19.5 Å². The van der Waals surface area contributed by atoms with Gasteiger partial charge >= 0.3 is 0 Å². The second-order valence-electron chi connectivity index (χ2n) is 6.45. The van der Waals surface area contributed by atoms with Crippen molar-refractivity contribution in [1.82, 2.24) is 5.32 Å². The average molecular weight is 371 g/mol. The van der Waals surface area contributed by atoms with E-state index in [2.05, 4.69) is 18.3 Å². The smallest absolute Gasteiger partial charge is 0.220 e. The molecule has 1 atom stereocenters. The van der Waals surface area contributed by atoms with Gasteiger partial charge in [0.25, 0.3) is 0 Å². The SMILES string of the molecule is CC[C@H](NC(=O)CCc1ccc(OC)c(C)c1)c1ccc(OC)c(OC)c1. The summed E-state index contributed by atoms with van der Waals surface area (Å²) in [5.74, 6) is 2.24. The lowest BCUT2D eigenvalue weighted by atomic mass is 10.0. The van der Waals surface area contributed by atoms with Gasteiger partial charge in [-0.2, -0.15) is 0 Å². The molecule has 0 spiro atoms. The summed E-state index contributed by atoms with van der Waals surface area (Å²) in [5.41, 5.74) is 3.21. The number of methoxy groups -OCH3 is 3. The van der Waals surface area contributed by atoms with Gasteiger partial charge in [0.15, 0.2) is 11.5 Å². The third-order valence-electron chi connectivity index (χ3n) is 4.65. The summed E-state index contributed by atoms with van der Waals surface area (Å²) >= 11 is 0. The molecule has 2 aromatic rings. The van der Waals surface area contributed by atoms with Crippen molar-refractivity contribution < 1.29 is 19.0 Å². The summed E-state index contributed by atoms with van der Waals surface area (Å²) in [6.07, 6.45) is 1.93. The fourth-order valence-corrected chi connectivity index (χ4v) is 3.11. The van der Waals surface area contributed by atoms with Gasteiger partial charge in [0.05, 0.1) is 27.4 Å². The molecule has 0 unspecified atom stereocenters. The third kappa shape index (κ3) is 5.39. The summed E-state index contributed by atoms with van der Waals surface area (Å²) in [5, 5.41) is 3.12. The predicted molar refractivity (Wildman–Crippen MR) is 107 cm³/mol. The molecule has 0 aliphatic carbocycles. The normalized spacial score (nSPS) is 11.6. The fourth-order valence-electron chi connectivity index (χ4n) is 3.11. The van der Waals surface area contributed by atoms with Crippen molar-refractivity contribution in [2.45, 2.75) is 39.2 Å². The molecular formula is C22H29NO4. The van der Waals surface area contributed by atoms with Crippen LogP contribution in [0.4, 0.5) is 0 Å². The maximum absolute atomic E-state index is 12.5. The Labute approximate surface area is 161 Å². The van der Waals surface area contributed by atoms with Gasteiger partial charge in [-0.1, -0.05) is 25.1 Å². The Balaban J connectivity index is 1.99. The van der Waals surface area contributed by atoms with Crippen LogP contribution in [0.15, 0.2) is 36.4 Å². The monoisotopic (exact) mass is 371 g/mol. The van der Waals surface area contributed by atoms with Gasteiger partial charge in [0, 0.05) is 6.42 Å². The highest BCUT2D eigenvalue weighted by Gasteiger charge is 2.15. The van der Waals surface area contributed by atoms with Crippen LogP contribution in [0.5, 0.6) is 17.2 Å². The molecule has 0 fully saturated rings. The molecule has 146 valence electrons. The zero-order chi connectivity index (χ0) is 19.8. The first kappa shape index (κ1) is 20.6. The van der Waals surface area contributed by atoms with Crippen molar-refractivity contribution in [2.24, 2.45) is 0 Å². The maximum Gasteiger partial charge on any atom is 0.220 e. The molecule has 2 rings (SSSR count). The average Bonchev–Trinajstić information content (AvgIpc) is 2.70. The zero-order valence-corrected chi connectivity index (χ0v) is 16.8. The highest BCUT2D eigenvalue weighted by molar-refractivity contribution is 5.76. The number of hydrogen-bond donors (Lipinski definition) is 1. The third-order valence-corrected chi connectivity index (χ3v) is 4.65. The fraction of sp³-hybridized carbons (Fsp3) is 0.409. The van der Waals surface area contributed by atoms with E-state index < -0.39 is 0 Å². The van der Waals surface area contributed by atoms with Crippen molar-refractivity contribution >= 4 is 5.91 Å². The summed E-state index contributed by atoms with van der Waals surface area (Å²) in [6, 6.07) is 11.7. The maximum atomic E-state index is 12.5. The van der Waals surface area contributed by atoms with Crippen LogP contribution < -0.4 is 19.5 Å². The van der Waals surface area contributed by atoms with Crippen molar-refractivity contribution in [3.05, 3.63) is 53.1 Å². The first-order valence-electron chi connectivity index (χ1n) is 9.17. The van der Waals surface area contributed by atoms with Crippen LogP contribution in [0.2, 0.25) is 0 Å². The van der Waals surface area contributed by atoms with E-state index in [4.69, 9.17) is 14.2 Å². The van der Waals surface area contributed by atoms with Gasteiger partial charge in [0.1, 0.15) is 5.75 Å². The Morgan fingerprint density at radius 2 is 1.63 bits per heavy atom. The molecule has 0 radical (unpaired) electrons. The van der Waals surface area contributed by atoms with E-state index in [1.54, 1.807) is 21.3 Å². The zero-order valence-electron chi connectivity index (χ0n) is 16.8. The van der Waals surface area contributed by atoms with Gasteiger partial charge in [0.2, 0.25) is 5.91 Å². The number of hydrogen-bond acceptors (Lipinski definition) is 4. The first-order valence-corrected chi connectivity index (χ1v) is 9.17. The lowest BCUT2D eigenvalue weighted by Gasteiger charge is -2.19. The van der Waals surface area contributed by atoms with Crippen molar-refractivity contribution in [2.75, 3.05) is 21.3 Å². The summed E-state index contributed by atoms with van der Waals surface area (Å²) < 4.78 is 15.9. The highest BCUT2D eigenvalue weighted by atomic mass is 16.5. The van der Waals surface area contributed by atoms with Crippen LogP contribution in [-0.2, 0) is 11.2 Å². The first-order chi connectivity index (χ1) is 13.0. The number of aryl methyl sites for hydroxylation is 2. The molecule has 5 nitrogen and oxygen atoms in total. The van der Waals surface area contributed by atoms with Crippen LogP contribution in [0.3, 0.4) is 0 Å². The molecule has 1 amide bonds. The van der Waals surface area contributed by atoms with Crippen molar-refractivity contribution in [3.8, 4) is 17.2 Å². The van der Waals surface area contributed by atoms with Crippen LogP contribution >= 0.6 is 0 Å². The van der Waals surface area contributed by atoms with Gasteiger partial charge in [-0.05, 0) is 54.7 Å². The van der Waals surface area contributed by atoms with Crippen LogP contribution in [-0.4, -0.2) is 27.2 Å². The number of nitrogens with one attached hydrogen (secondary N) is 1. The Hall–Kier alpha value is -2.69. The van der Waals surface area contributed by atoms with E-state index in [9.17, 15) is 4.79 Å². The minimum absolute atomic E-state index is 0.0325. The molecular weight excluding hydrogens is 342 g/mol. The Morgan fingerprint density at radius 1 is 0.963 bits per heavy atom. The van der Waals surface area contributed by atoms with E-state index in [1.165, 1.54) is 0 Å². The summed E-state index contributed by atoms with van der Waals surface area (Å²) in [4.78, 5) is 12.5. The second-order valence-corrected chi connectivity index (χ2v) is 6.45. The van der Waals surface area contributed by atoms with E-state index in [0.717, 1.165) is 28.9 Å². The number of amides is 1. The van der Waals surface area contributed by atoms with Crippen molar-refractivity contribution in [1.29, 1.82) is 0 Å². The molecule has 1 N–H and O–H groups in total. The lowest BCUT2D eigenvalue weighted by Crippen LogP contribution is -2.28. The summed E-state index contributed by atoms with van der Waals surface area (Å²) in [6.45, 7) is 4.06. The van der Waals surface area contributed by atoms with Crippen LogP contribution in [0, 0.1) is 6.92 Å². The van der Waals surface area contributed by atoms with Crippen LogP contribution in [0.25, 0.3) is 0 Å². The molecule has 0 aliphatic heterocycles. The molecule has 0 saturated heterocycles.